The van der Waals surface area contributed by atoms with Gasteiger partial charge in [0.25, 0.3) is 0 Å². The fraction of sp³-hybridized carbons (Fsp3) is 0.154. The van der Waals surface area contributed by atoms with Gasteiger partial charge >= 0.3 is 0 Å². The second kappa shape index (κ2) is 10.4. The minimum absolute atomic E-state index is 0.0341. The molecule has 0 saturated carbocycles. The van der Waals surface area contributed by atoms with Crippen LogP contribution in [-0.4, -0.2) is 29.6 Å². The predicted octanol–water partition coefficient (Wildman–Crippen LogP) is 4.59. The van der Waals surface area contributed by atoms with Gasteiger partial charge in [0, 0.05) is 17.7 Å². The van der Waals surface area contributed by atoms with Crippen LogP contribution < -0.4 is 10.1 Å². The number of hydrogen-bond acceptors (Lipinski definition) is 4. The van der Waals surface area contributed by atoms with E-state index in [1.165, 1.54) is 0 Å². The zero-order valence-corrected chi connectivity index (χ0v) is 17.9. The van der Waals surface area contributed by atoms with E-state index in [2.05, 4.69) is 15.3 Å². The fourth-order valence-corrected chi connectivity index (χ4v) is 3.27. The second-order valence-electron chi connectivity index (χ2n) is 7.33. The lowest BCUT2D eigenvalue weighted by Crippen LogP contribution is -2.27. The number of imidazole rings is 1. The summed E-state index contributed by atoms with van der Waals surface area (Å²) >= 11 is 0. The number of nitrogens with zero attached hydrogens (tertiary/aromatic N) is 1. The molecule has 6 heteroatoms. The molecule has 0 fully saturated rings. The van der Waals surface area contributed by atoms with Crippen molar-refractivity contribution in [2.45, 2.75) is 13.2 Å². The van der Waals surface area contributed by atoms with Crippen molar-refractivity contribution in [2.75, 3.05) is 13.7 Å². The molecule has 3 aromatic carbocycles. The standard InChI is InChI=1S/C26H25N3O3/c1-31-23-9-5-8-22(14-23)24-16-28-26(29-24)21-12-10-19(11-13-21)15-27-25(30)18-32-17-20-6-3-2-4-7-20/h2-14,16H,15,17-18H2,1H3,(H,27,30)(H,28,29). The molecule has 0 saturated heterocycles. The number of carbonyl (C=O) groups excluding carboxylic acids is 1. The number of carbonyl (C=O) groups is 1. The zero-order valence-electron chi connectivity index (χ0n) is 17.9. The molecule has 1 amide bonds. The van der Waals surface area contributed by atoms with Crippen LogP contribution in [0.2, 0.25) is 0 Å². The van der Waals surface area contributed by atoms with Crippen molar-refractivity contribution < 1.29 is 14.3 Å². The van der Waals surface area contributed by atoms with Crippen LogP contribution in [-0.2, 0) is 22.7 Å². The molecule has 1 heterocycles. The molecular weight excluding hydrogens is 402 g/mol. The number of benzene rings is 3. The highest BCUT2D eigenvalue weighted by atomic mass is 16.5. The van der Waals surface area contributed by atoms with Gasteiger partial charge in [0.1, 0.15) is 18.2 Å². The lowest BCUT2D eigenvalue weighted by Gasteiger charge is -2.07. The molecule has 0 unspecified atom stereocenters. The molecule has 2 N–H and O–H groups in total. The Morgan fingerprint density at radius 2 is 1.75 bits per heavy atom. The molecule has 6 nitrogen and oxygen atoms in total. The summed E-state index contributed by atoms with van der Waals surface area (Å²) in [5, 5.41) is 2.88. The van der Waals surface area contributed by atoms with Gasteiger partial charge in [-0.05, 0) is 23.3 Å². The Balaban J connectivity index is 1.28. The third-order valence-electron chi connectivity index (χ3n) is 5.02. The van der Waals surface area contributed by atoms with Crippen molar-refractivity contribution in [3.05, 3.63) is 96.2 Å². The molecule has 0 spiro atoms. The molecular formula is C26H25N3O3. The van der Waals surface area contributed by atoms with Crippen LogP contribution in [0, 0.1) is 0 Å². The Labute approximate surface area is 187 Å². The summed E-state index contributed by atoms with van der Waals surface area (Å²) in [6, 6.07) is 25.6. The molecule has 0 aliphatic rings. The van der Waals surface area contributed by atoms with Gasteiger partial charge in [0.2, 0.25) is 5.91 Å². The number of rotatable bonds is 9. The normalized spacial score (nSPS) is 10.7. The Bertz CT molecular complexity index is 1150. The molecule has 1 aromatic heterocycles. The highest BCUT2D eigenvalue weighted by Crippen LogP contribution is 2.25. The summed E-state index contributed by atoms with van der Waals surface area (Å²) in [4.78, 5) is 19.9. The first-order chi connectivity index (χ1) is 15.7. The van der Waals surface area contributed by atoms with Crippen LogP contribution in [0.1, 0.15) is 11.1 Å². The van der Waals surface area contributed by atoms with Crippen molar-refractivity contribution in [1.29, 1.82) is 0 Å². The monoisotopic (exact) mass is 427 g/mol. The average Bonchev–Trinajstić information content (AvgIpc) is 3.34. The number of aromatic nitrogens is 2. The van der Waals surface area contributed by atoms with Gasteiger partial charge in [-0.3, -0.25) is 4.79 Å². The molecule has 0 bridgehead atoms. The molecule has 4 aromatic rings. The van der Waals surface area contributed by atoms with E-state index in [9.17, 15) is 4.79 Å². The smallest absolute Gasteiger partial charge is 0.246 e. The lowest BCUT2D eigenvalue weighted by molar-refractivity contribution is -0.126. The van der Waals surface area contributed by atoms with Crippen LogP contribution in [0.5, 0.6) is 5.75 Å². The predicted molar refractivity (Wildman–Crippen MR) is 124 cm³/mol. The van der Waals surface area contributed by atoms with Crippen LogP contribution >= 0.6 is 0 Å². The largest absolute Gasteiger partial charge is 0.497 e. The maximum absolute atomic E-state index is 12.0. The Morgan fingerprint density at radius 1 is 0.938 bits per heavy atom. The fourth-order valence-electron chi connectivity index (χ4n) is 3.27. The van der Waals surface area contributed by atoms with E-state index in [1.807, 2.05) is 85.1 Å². The van der Waals surface area contributed by atoms with E-state index in [0.29, 0.717) is 13.2 Å². The van der Waals surface area contributed by atoms with Crippen molar-refractivity contribution in [1.82, 2.24) is 15.3 Å². The summed E-state index contributed by atoms with van der Waals surface area (Å²) in [6.07, 6.45) is 1.81. The number of ether oxygens (including phenoxy) is 2. The number of amides is 1. The summed E-state index contributed by atoms with van der Waals surface area (Å²) in [5.41, 5.74) is 4.95. The summed E-state index contributed by atoms with van der Waals surface area (Å²) in [7, 11) is 1.65. The first-order valence-corrected chi connectivity index (χ1v) is 10.4. The van der Waals surface area contributed by atoms with Crippen LogP contribution in [0.4, 0.5) is 0 Å². The van der Waals surface area contributed by atoms with Gasteiger partial charge in [-0.15, -0.1) is 0 Å². The van der Waals surface area contributed by atoms with E-state index in [0.717, 1.165) is 39.5 Å². The van der Waals surface area contributed by atoms with Gasteiger partial charge in [0.05, 0.1) is 25.6 Å². The zero-order chi connectivity index (χ0) is 22.2. The lowest BCUT2D eigenvalue weighted by atomic mass is 10.1. The molecule has 0 aliphatic heterocycles. The third kappa shape index (κ3) is 5.62. The van der Waals surface area contributed by atoms with E-state index < -0.39 is 0 Å². The van der Waals surface area contributed by atoms with E-state index in [-0.39, 0.29) is 12.5 Å². The molecule has 4 rings (SSSR count). The topological polar surface area (TPSA) is 76.2 Å². The maximum atomic E-state index is 12.0. The van der Waals surface area contributed by atoms with E-state index in [1.54, 1.807) is 7.11 Å². The Hall–Kier alpha value is -3.90. The molecule has 0 aliphatic carbocycles. The summed E-state index contributed by atoms with van der Waals surface area (Å²) in [6.45, 7) is 0.900. The van der Waals surface area contributed by atoms with Gasteiger partial charge in [-0.1, -0.05) is 66.7 Å². The maximum Gasteiger partial charge on any atom is 0.246 e. The van der Waals surface area contributed by atoms with Crippen molar-refractivity contribution >= 4 is 5.91 Å². The summed E-state index contributed by atoms with van der Waals surface area (Å²) < 4.78 is 10.8. The number of methoxy groups -OCH3 is 1. The van der Waals surface area contributed by atoms with Gasteiger partial charge in [-0.2, -0.15) is 0 Å². The first-order valence-electron chi connectivity index (χ1n) is 10.4. The highest BCUT2D eigenvalue weighted by Gasteiger charge is 2.07. The van der Waals surface area contributed by atoms with Crippen LogP contribution in [0.15, 0.2) is 85.1 Å². The van der Waals surface area contributed by atoms with Crippen molar-refractivity contribution in [2.24, 2.45) is 0 Å². The first kappa shape index (κ1) is 21.3. The van der Waals surface area contributed by atoms with Gasteiger partial charge < -0.3 is 19.8 Å². The number of hydrogen-bond donors (Lipinski definition) is 2. The number of aromatic amines is 1. The highest BCUT2D eigenvalue weighted by molar-refractivity contribution is 5.77. The molecule has 0 radical (unpaired) electrons. The SMILES string of the molecule is COc1cccc(-c2cnc(-c3ccc(CNC(=O)COCc4ccccc4)cc3)[nH]2)c1. The molecule has 162 valence electrons. The van der Waals surface area contributed by atoms with E-state index in [4.69, 9.17) is 9.47 Å². The minimum Gasteiger partial charge on any atom is -0.497 e. The Morgan fingerprint density at radius 3 is 2.53 bits per heavy atom. The number of H-pyrrole nitrogens is 1. The van der Waals surface area contributed by atoms with Crippen LogP contribution in [0.3, 0.4) is 0 Å². The quantitative estimate of drug-likeness (QED) is 0.410. The van der Waals surface area contributed by atoms with Crippen LogP contribution in [0.25, 0.3) is 22.6 Å². The second-order valence-corrected chi connectivity index (χ2v) is 7.33. The number of nitrogens with one attached hydrogen (secondary N) is 2. The minimum atomic E-state index is -0.140. The average molecular weight is 428 g/mol. The van der Waals surface area contributed by atoms with Crippen molar-refractivity contribution in [3.8, 4) is 28.4 Å². The Kier molecular flexibility index (Phi) is 6.94. The summed E-state index contributed by atoms with van der Waals surface area (Å²) in [5.74, 6) is 1.45. The molecule has 0 atom stereocenters. The van der Waals surface area contributed by atoms with Gasteiger partial charge in [0.15, 0.2) is 0 Å². The van der Waals surface area contributed by atoms with Crippen molar-refractivity contribution in [3.63, 3.8) is 0 Å². The van der Waals surface area contributed by atoms with Gasteiger partial charge in [-0.25, -0.2) is 4.98 Å². The van der Waals surface area contributed by atoms with E-state index >= 15 is 0 Å². The molecule has 32 heavy (non-hydrogen) atoms. The third-order valence-corrected chi connectivity index (χ3v) is 5.02.